The van der Waals surface area contributed by atoms with Gasteiger partial charge in [0.15, 0.2) is 0 Å². The van der Waals surface area contributed by atoms with Crippen LogP contribution < -0.4 is 11.1 Å². The van der Waals surface area contributed by atoms with Crippen molar-refractivity contribution in [1.82, 2.24) is 10.2 Å². The number of hydrogen-bond acceptors (Lipinski definition) is 3. The summed E-state index contributed by atoms with van der Waals surface area (Å²) in [5, 5.41) is 2.89. The molecule has 1 heterocycles. The van der Waals surface area contributed by atoms with Crippen LogP contribution in [0.4, 0.5) is 0 Å². The van der Waals surface area contributed by atoms with Crippen LogP contribution in [0, 0.1) is 5.92 Å². The number of halogens is 1. The summed E-state index contributed by atoms with van der Waals surface area (Å²) in [5.41, 5.74) is 6.94. The minimum Gasteiger partial charge on any atom is -0.349 e. The van der Waals surface area contributed by atoms with Gasteiger partial charge in [-0.3, -0.25) is 9.59 Å². The number of hydrogen-bond donors (Lipinski definition) is 2. The predicted octanol–water partition coefficient (Wildman–Crippen LogP) is 2.60. The lowest BCUT2D eigenvalue weighted by Gasteiger charge is -2.35. The molecule has 24 heavy (non-hydrogen) atoms. The number of piperidine rings is 1. The van der Waals surface area contributed by atoms with E-state index < -0.39 is 0 Å². The first-order chi connectivity index (χ1) is 11.4. The second kappa shape index (κ2) is 8.62. The fraction of sp³-hybridized carbons (Fsp3) is 0.556. The van der Waals surface area contributed by atoms with Gasteiger partial charge in [0.2, 0.25) is 11.8 Å². The summed E-state index contributed by atoms with van der Waals surface area (Å²) in [5.74, 6) is 0.291. The van der Waals surface area contributed by atoms with Gasteiger partial charge in [0.05, 0.1) is 12.5 Å². The van der Waals surface area contributed by atoms with E-state index in [1.807, 2.05) is 36.1 Å². The lowest BCUT2D eigenvalue weighted by atomic mass is 9.91. The van der Waals surface area contributed by atoms with Gasteiger partial charge in [0, 0.05) is 30.5 Å². The highest BCUT2D eigenvalue weighted by Crippen LogP contribution is 2.24. The SMILES string of the molecule is CC(=O)N[C@H](CC(=O)N1CCC[C@@H]([C@@H](C)N)C1)c1ccc(Br)cc1. The molecule has 2 amide bonds. The van der Waals surface area contributed by atoms with Crippen LogP contribution in [0.15, 0.2) is 28.7 Å². The first-order valence-corrected chi connectivity index (χ1v) is 9.22. The van der Waals surface area contributed by atoms with E-state index in [9.17, 15) is 9.59 Å². The van der Waals surface area contributed by atoms with Crippen LogP contribution in [0.25, 0.3) is 0 Å². The molecule has 5 nitrogen and oxygen atoms in total. The summed E-state index contributed by atoms with van der Waals surface area (Å²) in [6.45, 7) is 4.96. The number of nitrogens with two attached hydrogens (primary N) is 1. The molecule has 1 saturated heterocycles. The number of carbonyl (C=O) groups excluding carboxylic acids is 2. The second-order valence-corrected chi connectivity index (χ2v) is 7.53. The molecule has 3 N–H and O–H groups in total. The van der Waals surface area contributed by atoms with Crippen LogP contribution in [0.3, 0.4) is 0 Å². The van der Waals surface area contributed by atoms with Crippen molar-refractivity contribution in [3.8, 4) is 0 Å². The van der Waals surface area contributed by atoms with Crippen molar-refractivity contribution < 1.29 is 9.59 Å². The summed E-state index contributed by atoms with van der Waals surface area (Å²) in [7, 11) is 0. The number of benzene rings is 1. The Morgan fingerprint density at radius 3 is 2.62 bits per heavy atom. The topological polar surface area (TPSA) is 75.4 Å². The van der Waals surface area contributed by atoms with Gasteiger partial charge in [0.25, 0.3) is 0 Å². The molecule has 1 aromatic rings. The Balaban J connectivity index is 2.06. The molecule has 1 aromatic carbocycles. The van der Waals surface area contributed by atoms with E-state index in [0.29, 0.717) is 12.5 Å². The van der Waals surface area contributed by atoms with Crippen molar-refractivity contribution in [2.75, 3.05) is 13.1 Å². The Kier molecular flexibility index (Phi) is 6.80. The maximum absolute atomic E-state index is 12.7. The molecule has 1 aliphatic heterocycles. The number of rotatable bonds is 5. The van der Waals surface area contributed by atoms with Crippen molar-refractivity contribution in [3.63, 3.8) is 0 Å². The average Bonchev–Trinajstić information content (AvgIpc) is 2.54. The third-order valence-electron chi connectivity index (χ3n) is 4.58. The van der Waals surface area contributed by atoms with Gasteiger partial charge < -0.3 is 16.0 Å². The van der Waals surface area contributed by atoms with Gasteiger partial charge in [-0.25, -0.2) is 0 Å². The molecule has 132 valence electrons. The lowest BCUT2D eigenvalue weighted by molar-refractivity contribution is -0.134. The summed E-state index contributed by atoms with van der Waals surface area (Å²) in [6.07, 6.45) is 2.33. The van der Waals surface area contributed by atoms with Gasteiger partial charge in [-0.2, -0.15) is 0 Å². The van der Waals surface area contributed by atoms with Crippen molar-refractivity contribution in [2.45, 2.75) is 45.2 Å². The lowest BCUT2D eigenvalue weighted by Crippen LogP contribution is -2.46. The largest absolute Gasteiger partial charge is 0.349 e. The van der Waals surface area contributed by atoms with E-state index in [1.54, 1.807) is 0 Å². The smallest absolute Gasteiger partial charge is 0.224 e. The van der Waals surface area contributed by atoms with E-state index in [4.69, 9.17) is 5.73 Å². The van der Waals surface area contributed by atoms with Crippen molar-refractivity contribution in [1.29, 1.82) is 0 Å². The average molecular weight is 396 g/mol. The molecule has 0 aliphatic carbocycles. The van der Waals surface area contributed by atoms with E-state index in [0.717, 1.165) is 29.4 Å². The zero-order valence-electron chi connectivity index (χ0n) is 14.3. The number of likely N-dealkylation sites (tertiary alicyclic amines) is 1. The third-order valence-corrected chi connectivity index (χ3v) is 5.11. The Morgan fingerprint density at radius 1 is 1.38 bits per heavy atom. The number of nitrogens with zero attached hydrogens (tertiary/aromatic N) is 1. The van der Waals surface area contributed by atoms with Gasteiger partial charge in [-0.15, -0.1) is 0 Å². The van der Waals surface area contributed by atoms with Gasteiger partial charge >= 0.3 is 0 Å². The molecule has 0 saturated carbocycles. The molecule has 3 atom stereocenters. The van der Waals surface area contributed by atoms with E-state index in [-0.39, 0.29) is 30.3 Å². The molecule has 1 fully saturated rings. The minimum atomic E-state index is -0.307. The zero-order valence-corrected chi connectivity index (χ0v) is 15.9. The standard InChI is InChI=1S/C18H26BrN3O2/c1-12(20)15-4-3-9-22(11-15)18(24)10-17(21-13(2)23)14-5-7-16(19)8-6-14/h5-8,12,15,17H,3-4,9-11,20H2,1-2H3,(H,21,23)/t12-,15-,17-/m1/s1. The van der Waals surface area contributed by atoms with Gasteiger partial charge in [-0.1, -0.05) is 28.1 Å². The highest BCUT2D eigenvalue weighted by molar-refractivity contribution is 9.10. The van der Waals surface area contributed by atoms with Crippen LogP contribution in [0.5, 0.6) is 0 Å². The minimum absolute atomic E-state index is 0.0713. The quantitative estimate of drug-likeness (QED) is 0.804. The Morgan fingerprint density at radius 2 is 2.04 bits per heavy atom. The summed E-state index contributed by atoms with van der Waals surface area (Å²) < 4.78 is 0.968. The Bertz CT molecular complexity index is 574. The van der Waals surface area contributed by atoms with E-state index in [2.05, 4.69) is 21.2 Å². The second-order valence-electron chi connectivity index (χ2n) is 6.61. The van der Waals surface area contributed by atoms with Gasteiger partial charge in [-0.05, 0) is 43.4 Å². The first kappa shape index (κ1) is 18.9. The Hall–Kier alpha value is -1.40. The fourth-order valence-corrected chi connectivity index (χ4v) is 3.43. The van der Waals surface area contributed by atoms with Crippen LogP contribution in [-0.2, 0) is 9.59 Å². The molecule has 1 aliphatic rings. The van der Waals surface area contributed by atoms with Crippen LogP contribution >= 0.6 is 15.9 Å². The molecule has 6 heteroatoms. The fourth-order valence-electron chi connectivity index (χ4n) is 3.16. The predicted molar refractivity (Wildman–Crippen MR) is 98.3 cm³/mol. The van der Waals surface area contributed by atoms with Crippen molar-refractivity contribution in [3.05, 3.63) is 34.3 Å². The van der Waals surface area contributed by atoms with E-state index >= 15 is 0 Å². The van der Waals surface area contributed by atoms with E-state index in [1.165, 1.54) is 6.92 Å². The maximum atomic E-state index is 12.7. The molecule has 0 radical (unpaired) electrons. The number of nitrogens with one attached hydrogen (secondary N) is 1. The first-order valence-electron chi connectivity index (χ1n) is 8.42. The molecule has 0 unspecified atom stereocenters. The number of amides is 2. The molecule has 0 spiro atoms. The van der Waals surface area contributed by atoms with Crippen molar-refractivity contribution >= 4 is 27.7 Å². The summed E-state index contributed by atoms with van der Waals surface area (Å²) >= 11 is 3.40. The maximum Gasteiger partial charge on any atom is 0.224 e. The highest BCUT2D eigenvalue weighted by Gasteiger charge is 2.27. The zero-order chi connectivity index (χ0) is 17.7. The molecule has 0 bridgehead atoms. The number of carbonyl (C=O) groups is 2. The Labute approximate surface area is 152 Å². The molecular formula is C18H26BrN3O2. The normalized spacial score (nSPS) is 20.3. The summed E-state index contributed by atoms with van der Waals surface area (Å²) in [4.78, 5) is 26.1. The molecule has 2 rings (SSSR count). The molecule has 0 aromatic heterocycles. The van der Waals surface area contributed by atoms with Crippen molar-refractivity contribution in [2.24, 2.45) is 11.7 Å². The van der Waals surface area contributed by atoms with Gasteiger partial charge in [0.1, 0.15) is 0 Å². The monoisotopic (exact) mass is 395 g/mol. The molecular weight excluding hydrogens is 370 g/mol. The van der Waals surface area contributed by atoms with Crippen LogP contribution in [0.1, 0.15) is 44.7 Å². The highest BCUT2D eigenvalue weighted by atomic mass is 79.9. The van der Waals surface area contributed by atoms with Crippen LogP contribution in [-0.4, -0.2) is 35.8 Å². The third kappa shape index (κ3) is 5.31. The van der Waals surface area contributed by atoms with Crippen LogP contribution in [0.2, 0.25) is 0 Å². The summed E-state index contributed by atoms with van der Waals surface area (Å²) in [6, 6.07) is 7.48.